The zero-order valence-electron chi connectivity index (χ0n) is 16.8. The molecule has 5 nitrogen and oxygen atoms in total. The molecule has 0 radical (unpaired) electrons. The average molecular weight is 437 g/mol. The first-order valence-electron chi connectivity index (χ1n) is 9.47. The number of nitrogens with zero attached hydrogens (tertiary/aromatic N) is 1. The molecule has 29 heavy (non-hydrogen) atoms. The first-order chi connectivity index (χ1) is 13.8. The minimum atomic E-state index is -0.647. The normalized spacial score (nSPS) is 11.8. The van der Waals surface area contributed by atoms with E-state index in [9.17, 15) is 9.59 Å². The molecule has 1 N–H and O–H groups in total. The Hall–Kier alpha value is -2.24. The van der Waals surface area contributed by atoms with Crippen LogP contribution >= 0.6 is 23.2 Å². The lowest BCUT2D eigenvalue weighted by Gasteiger charge is -2.29. The maximum Gasteiger partial charge on any atom is 0.261 e. The van der Waals surface area contributed by atoms with Crippen molar-refractivity contribution in [3.05, 3.63) is 64.1 Å². The molecule has 0 bridgehead atoms. The van der Waals surface area contributed by atoms with Crippen LogP contribution in [0.1, 0.15) is 26.3 Å². The molecule has 0 heterocycles. The van der Waals surface area contributed by atoms with Gasteiger partial charge in [0.1, 0.15) is 11.8 Å². The summed E-state index contributed by atoms with van der Waals surface area (Å²) in [5, 5.41) is 3.69. The molecule has 0 aliphatic carbocycles. The van der Waals surface area contributed by atoms with Gasteiger partial charge in [-0.1, -0.05) is 67.4 Å². The predicted octanol–water partition coefficient (Wildman–Crippen LogP) is 4.56. The molecule has 156 valence electrons. The van der Waals surface area contributed by atoms with Crippen LogP contribution in [0.3, 0.4) is 0 Å². The maximum absolute atomic E-state index is 12.9. The van der Waals surface area contributed by atoms with Crippen LogP contribution in [0.5, 0.6) is 5.75 Å². The molecule has 2 aromatic carbocycles. The van der Waals surface area contributed by atoms with Crippen LogP contribution in [0.15, 0.2) is 48.5 Å². The fourth-order valence-corrected chi connectivity index (χ4v) is 3.09. The zero-order valence-corrected chi connectivity index (χ0v) is 18.3. The highest BCUT2D eigenvalue weighted by Gasteiger charge is 2.26. The second-order valence-electron chi connectivity index (χ2n) is 7.19. The first-order valence-corrected chi connectivity index (χ1v) is 10.2. The third kappa shape index (κ3) is 7.26. The number of halogens is 2. The molecule has 7 heteroatoms. The Bertz CT molecular complexity index is 828. The third-order valence-corrected chi connectivity index (χ3v) is 4.82. The molecule has 2 rings (SSSR count). The molecule has 0 aliphatic heterocycles. The van der Waals surface area contributed by atoms with Crippen molar-refractivity contribution in [2.24, 2.45) is 5.92 Å². The Morgan fingerprint density at radius 1 is 1.07 bits per heavy atom. The summed E-state index contributed by atoms with van der Waals surface area (Å²) in [6, 6.07) is 13.7. The molecule has 0 spiro atoms. The Morgan fingerprint density at radius 2 is 1.76 bits per heavy atom. The van der Waals surface area contributed by atoms with E-state index in [0.717, 1.165) is 5.56 Å². The summed E-state index contributed by atoms with van der Waals surface area (Å²) in [5.41, 5.74) is 0.925. The summed E-state index contributed by atoms with van der Waals surface area (Å²) >= 11 is 12.0. The molecule has 2 aromatic rings. The molecule has 2 amide bonds. The number of amides is 2. The topological polar surface area (TPSA) is 58.6 Å². The van der Waals surface area contributed by atoms with Gasteiger partial charge in [0.2, 0.25) is 5.91 Å². The van der Waals surface area contributed by atoms with Gasteiger partial charge in [-0.3, -0.25) is 9.59 Å². The molecular formula is C22H26Cl2N2O3. The average Bonchev–Trinajstić information content (AvgIpc) is 2.69. The quantitative estimate of drug-likeness (QED) is 0.626. The lowest BCUT2D eigenvalue weighted by Crippen LogP contribution is -2.49. The predicted molar refractivity (Wildman–Crippen MR) is 116 cm³/mol. The van der Waals surface area contributed by atoms with Gasteiger partial charge in [0.05, 0.1) is 5.02 Å². The van der Waals surface area contributed by atoms with Crippen molar-refractivity contribution in [1.82, 2.24) is 10.2 Å². The number of carbonyl (C=O) groups is 2. The minimum Gasteiger partial charge on any atom is -0.482 e. The first kappa shape index (κ1) is 23.0. The van der Waals surface area contributed by atoms with Crippen LogP contribution in [-0.2, 0) is 16.1 Å². The van der Waals surface area contributed by atoms with E-state index in [-0.39, 0.29) is 18.4 Å². The largest absolute Gasteiger partial charge is 0.482 e. The van der Waals surface area contributed by atoms with Gasteiger partial charge in [-0.2, -0.15) is 0 Å². The second kappa shape index (κ2) is 11.1. The molecule has 0 fully saturated rings. The third-order valence-electron chi connectivity index (χ3n) is 4.29. The van der Waals surface area contributed by atoms with Crippen LogP contribution in [0, 0.1) is 5.92 Å². The highest BCUT2D eigenvalue weighted by molar-refractivity contribution is 6.35. The van der Waals surface area contributed by atoms with Crippen LogP contribution in [0.4, 0.5) is 0 Å². The summed E-state index contributed by atoms with van der Waals surface area (Å²) in [4.78, 5) is 27.0. The van der Waals surface area contributed by atoms with E-state index in [1.54, 1.807) is 25.1 Å². The summed E-state index contributed by atoms with van der Waals surface area (Å²) in [5.74, 6) is 0.167. The molecule has 0 saturated carbocycles. The van der Waals surface area contributed by atoms with Crippen molar-refractivity contribution >= 4 is 35.0 Å². The Balaban J connectivity index is 2.12. The second-order valence-corrected chi connectivity index (χ2v) is 8.03. The van der Waals surface area contributed by atoms with Gasteiger partial charge in [0, 0.05) is 18.1 Å². The summed E-state index contributed by atoms with van der Waals surface area (Å²) in [6.45, 7) is 6.35. The molecular weight excluding hydrogens is 411 g/mol. The summed E-state index contributed by atoms with van der Waals surface area (Å²) in [7, 11) is 0. The van der Waals surface area contributed by atoms with Crippen LogP contribution < -0.4 is 10.1 Å². The number of nitrogens with one attached hydrogen (secondary N) is 1. The molecule has 0 aliphatic rings. The molecule has 1 atom stereocenters. The summed E-state index contributed by atoms with van der Waals surface area (Å²) in [6.07, 6.45) is 0. The van der Waals surface area contributed by atoms with Gasteiger partial charge < -0.3 is 15.0 Å². The fraction of sp³-hybridized carbons (Fsp3) is 0.364. The SMILES string of the molecule is CC(C)CNC(=O)C(C)N(Cc1ccccc1)C(=O)COc1ccc(Cl)cc1Cl. The van der Waals surface area contributed by atoms with Gasteiger partial charge in [0.25, 0.3) is 5.91 Å². The van der Waals surface area contributed by atoms with Gasteiger partial charge in [-0.25, -0.2) is 0 Å². The van der Waals surface area contributed by atoms with Gasteiger partial charge in [-0.05, 0) is 36.6 Å². The standard InChI is InChI=1S/C22H26Cl2N2O3/c1-15(2)12-25-22(28)16(3)26(13-17-7-5-4-6-8-17)21(27)14-29-20-10-9-18(23)11-19(20)24/h4-11,15-16H,12-14H2,1-3H3,(H,25,28). The maximum atomic E-state index is 12.9. The zero-order chi connectivity index (χ0) is 21.4. The highest BCUT2D eigenvalue weighted by atomic mass is 35.5. The minimum absolute atomic E-state index is 0.201. The van der Waals surface area contributed by atoms with E-state index in [1.807, 2.05) is 44.2 Å². The van der Waals surface area contributed by atoms with Crippen molar-refractivity contribution in [2.75, 3.05) is 13.2 Å². The molecule has 0 saturated heterocycles. The number of benzene rings is 2. The van der Waals surface area contributed by atoms with E-state index in [2.05, 4.69) is 5.32 Å². The van der Waals surface area contributed by atoms with Crippen molar-refractivity contribution in [2.45, 2.75) is 33.4 Å². The van der Waals surface area contributed by atoms with Crippen LogP contribution in [0.2, 0.25) is 10.0 Å². The Morgan fingerprint density at radius 3 is 2.38 bits per heavy atom. The Kier molecular flexibility index (Phi) is 8.80. The number of hydrogen-bond acceptors (Lipinski definition) is 3. The van der Waals surface area contributed by atoms with Crippen LogP contribution in [-0.4, -0.2) is 35.9 Å². The Labute approximate surface area is 181 Å². The van der Waals surface area contributed by atoms with Crippen molar-refractivity contribution < 1.29 is 14.3 Å². The van der Waals surface area contributed by atoms with Crippen molar-refractivity contribution in [3.63, 3.8) is 0 Å². The lowest BCUT2D eigenvalue weighted by atomic mass is 10.1. The smallest absolute Gasteiger partial charge is 0.261 e. The van der Waals surface area contributed by atoms with Gasteiger partial charge in [-0.15, -0.1) is 0 Å². The van der Waals surface area contributed by atoms with E-state index in [4.69, 9.17) is 27.9 Å². The number of rotatable bonds is 9. The highest BCUT2D eigenvalue weighted by Crippen LogP contribution is 2.27. The molecule has 0 aromatic heterocycles. The summed E-state index contributed by atoms with van der Waals surface area (Å²) < 4.78 is 5.59. The van der Waals surface area contributed by atoms with Crippen molar-refractivity contribution in [3.8, 4) is 5.75 Å². The van der Waals surface area contributed by atoms with E-state index < -0.39 is 6.04 Å². The number of hydrogen-bond donors (Lipinski definition) is 1. The number of carbonyl (C=O) groups excluding carboxylic acids is 2. The van der Waals surface area contributed by atoms with Gasteiger partial charge in [0.15, 0.2) is 6.61 Å². The van der Waals surface area contributed by atoms with Crippen LogP contribution in [0.25, 0.3) is 0 Å². The number of ether oxygens (including phenoxy) is 1. The monoisotopic (exact) mass is 436 g/mol. The van der Waals surface area contributed by atoms with E-state index >= 15 is 0 Å². The fourth-order valence-electron chi connectivity index (χ4n) is 2.63. The van der Waals surface area contributed by atoms with E-state index in [0.29, 0.717) is 34.8 Å². The molecule has 1 unspecified atom stereocenters. The lowest BCUT2D eigenvalue weighted by molar-refractivity contribution is -0.142. The van der Waals surface area contributed by atoms with Gasteiger partial charge >= 0.3 is 0 Å². The van der Waals surface area contributed by atoms with E-state index in [1.165, 1.54) is 4.90 Å². The van der Waals surface area contributed by atoms with Crippen molar-refractivity contribution in [1.29, 1.82) is 0 Å².